The van der Waals surface area contributed by atoms with Gasteiger partial charge in [-0.1, -0.05) is 34.0 Å². The van der Waals surface area contributed by atoms with Crippen molar-refractivity contribution in [3.05, 3.63) is 28.8 Å². The van der Waals surface area contributed by atoms with Crippen LogP contribution in [0.4, 0.5) is 0 Å². The summed E-state index contributed by atoms with van der Waals surface area (Å²) in [6.07, 6.45) is 3.94. The first kappa shape index (κ1) is 11.3. The predicted octanol–water partition coefficient (Wildman–Crippen LogP) is 4.58. The Morgan fingerprint density at radius 1 is 1.47 bits per heavy atom. The monoisotopic (exact) mass is 288 g/mol. The standard InChI is InChI=1S/C12H14BrClO/c1-15-11-6-5-9(14)7-10(11)12(13)8-3-2-4-8/h5-8,12H,2-4H2,1H3. The zero-order valence-corrected chi connectivity index (χ0v) is 11.0. The molecule has 1 aliphatic carbocycles. The van der Waals surface area contributed by atoms with E-state index in [0.29, 0.717) is 4.83 Å². The lowest BCUT2D eigenvalue weighted by Gasteiger charge is -2.31. The van der Waals surface area contributed by atoms with Gasteiger partial charge in [-0.3, -0.25) is 0 Å². The minimum Gasteiger partial charge on any atom is -0.496 e. The Labute approximate surface area is 104 Å². The second-order valence-electron chi connectivity index (χ2n) is 3.98. The molecule has 2 rings (SSSR count). The van der Waals surface area contributed by atoms with Gasteiger partial charge in [0.15, 0.2) is 0 Å². The van der Waals surface area contributed by atoms with Crippen molar-refractivity contribution in [1.29, 1.82) is 0 Å². The molecule has 1 atom stereocenters. The van der Waals surface area contributed by atoms with E-state index in [-0.39, 0.29) is 0 Å². The summed E-state index contributed by atoms with van der Waals surface area (Å²) in [6.45, 7) is 0. The second kappa shape index (κ2) is 4.75. The first-order chi connectivity index (χ1) is 7.22. The van der Waals surface area contributed by atoms with Gasteiger partial charge >= 0.3 is 0 Å². The topological polar surface area (TPSA) is 9.23 Å². The van der Waals surface area contributed by atoms with E-state index in [1.807, 2.05) is 18.2 Å². The fourth-order valence-corrected chi connectivity index (χ4v) is 2.97. The Morgan fingerprint density at radius 3 is 2.73 bits per heavy atom. The fourth-order valence-electron chi connectivity index (χ4n) is 1.91. The number of methoxy groups -OCH3 is 1. The van der Waals surface area contributed by atoms with Gasteiger partial charge < -0.3 is 4.74 Å². The Hall–Kier alpha value is -0.210. The Kier molecular flexibility index (Phi) is 3.57. The van der Waals surface area contributed by atoms with Gasteiger partial charge in [0.2, 0.25) is 0 Å². The van der Waals surface area contributed by atoms with Crippen molar-refractivity contribution in [2.75, 3.05) is 7.11 Å². The van der Waals surface area contributed by atoms with Crippen molar-refractivity contribution in [3.8, 4) is 5.75 Å². The molecule has 0 amide bonds. The molecule has 1 unspecified atom stereocenters. The van der Waals surface area contributed by atoms with Gasteiger partial charge in [0.25, 0.3) is 0 Å². The molecule has 1 saturated carbocycles. The lowest BCUT2D eigenvalue weighted by Crippen LogP contribution is -2.16. The molecule has 15 heavy (non-hydrogen) atoms. The van der Waals surface area contributed by atoms with Crippen molar-refractivity contribution >= 4 is 27.5 Å². The van der Waals surface area contributed by atoms with Crippen LogP contribution in [0.25, 0.3) is 0 Å². The lowest BCUT2D eigenvalue weighted by atomic mass is 9.80. The molecule has 0 heterocycles. The number of hydrogen-bond acceptors (Lipinski definition) is 1. The molecule has 3 heteroatoms. The molecular formula is C12H14BrClO. The SMILES string of the molecule is COc1ccc(Cl)cc1C(Br)C1CCC1. The van der Waals surface area contributed by atoms with Crippen LogP contribution >= 0.6 is 27.5 Å². The highest BCUT2D eigenvalue weighted by atomic mass is 79.9. The van der Waals surface area contributed by atoms with E-state index in [2.05, 4.69) is 15.9 Å². The molecule has 0 N–H and O–H groups in total. The molecule has 1 aromatic carbocycles. The number of ether oxygens (including phenoxy) is 1. The van der Waals surface area contributed by atoms with E-state index in [9.17, 15) is 0 Å². The number of halogens is 2. The summed E-state index contributed by atoms with van der Waals surface area (Å²) >= 11 is 9.76. The van der Waals surface area contributed by atoms with Gasteiger partial charge in [0, 0.05) is 15.4 Å². The molecule has 1 nitrogen and oxygen atoms in total. The van der Waals surface area contributed by atoms with Crippen LogP contribution in [0.3, 0.4) is 0 Å². The average molecular weight is 290 g/mol. The summed E-state index contributed by atoms with van der Waals surface area (Å²) < 4.78 is 5.35. The van der Waals surface area contributed by atoms with Crippen LogP contribution < -0.4 is 4.74 Å². The first-order valence-electron chi connectivity index (χ1n) is 5.20. The molecule has 0 radical (unpaired) electrons. The molecule has 1 aromatic rings. The van der Waals surface area contributed by atoms with Crippen molar-refractivity contribution < 1.29 is 4.74 Å². The average Bonchev–Trinajstić information content (AvgIpc) is 2.15. The van der Waals surface area contributed by atoms with E-state index in [1.54, 1.807) is 7.11 Å². The molecule has 0 spiro atoms. The van der Waals surface area contributed by atoms with E-state index in [1.165, 1.54) is 24.8 Å². The zero-order valence-electron chi connectivity index (χ0n) is 8.67. The largest absolute Gasteiger partial charge is 0.496 e. The maximum absolute atomic E-state index is 6.01. The summed E-state index contributed by atoms with van der Waals surface area (Å²) in [5, 5.41) is 0.773. The second-order valence-corrected chi connectivity index (χ2v) is 5.40. The maximum atomic E-state index is 6.01. The van der Waals surface area contributed by atoms with E-state index in [4.69, 9.17) is 16.3 Å². The van der Waals surface area contributed by atoms with Gasteiger partial charge in [-0.25, -0.2) is 0 Å². The smallest absolute Gasteiger partial charge is 0.123 e. The van der Waals surface area contributed by atoms with E-state index < -0.39 is 0 Å². The number of rotatable bonds is 3. The van der Waals surface area contributed by atoms with E-state index >= 15 is 0 Å². The quantitative estimate of drug-likeness (QED) is 0.740. The molecular weight excluding hydrogens is 275 g/mol. The van der Waals surface area contributed by atoms with Gasteiger partial charge in [-0.15, -0.1) is 0 Å². The van der Waals surface area contributed by atoms with E-state index in [0.717, 1.165) is 16.7 Å². The molecule has 0 aromatic heterocycles. The number of hydrogen-bond donors (Lipinski definition) is 0. The van der Waals surface area contributed by atoms with Crippen LogP contribution in [0.2, 0.25) is 5.02 Å². The number of benzene rings is 1. The molecule has 1 aliphatic rings. The minimum atomic E-state index is 0.375. The highest BCUT2D eigenvalue weighted by Gasteiger charge is 2.28. The lowest BCUT2D eigenvalue weighted by molar-refractivity contribution is 0.307. The van der Waals surface area contributed by atoms with Crippen molar-refractivity contribution in [2.24, 2.45) is 5.92 Å². The molecule has 0 saturated heterocycles. The molecule has 0 bridgehead atoms. The Bertz CT molecular complexity index is 349. The van der Waals surface area contributed by atoms with Crippen molar-refractivity contribution in [3.63, 3.8) is 0 Å². The maximum Gasteiger partial charge on any atom is 0.123 e. The van der Waals surface area contributed by atoms with Gasteiger partial charge in [0.1, 0.15) is 5.75 Å². The normalized spacial score (nSPS) is 18.3. The Morgan fingerprint density at radius 2 is 2.20 bits per heavy atom. The number of alkyl halides is 1. The van der Waals surface area contributed by atoms with Gasteiger partial charge in [-0.05, 0) is 37.0 Å². The molecule has 82 valence electrons. The third kappa shape index (κ3) is 2.31. The first-order valence-corrected chi connectivity index (χ1v) is 6.49. The van der Waals surface area contributed by atoms with Gasteiger partial charge in [-0.2, -0.15) is 0 Å². The summed E-state index contributed by atoms with van der Waals surface area (Å²) in [4.78, 5) is 0.375. The highest BCUT2D eigenvalue weighted by molar-refractivity contribution is 9.09. The third-order valence-corrected chi connectivity index (χ3v) is 4.53. The summed E-state index contributed by atoms with van der Waals surface area (Å²) in [5.74, 6) is 1.66. The van der Waals surface area contributed by atoms with Crippen LogP contribution in [0, 0.1) is 5.92 Å². The van der Waals surface area contributed by atoms with Crippen molar-refractivity contribution in [1.82, 2.24) is 0 Å². The van der Waals surface area contributed by atoms with Crippen LogP contribution in [-0.4, -0.2) is 7.11 Å². The molecule has 1 fully saturated rings. The van der Waals surface area contributed by atoms with Crippen LogP contribution in [-0.2, 0) is 0 Å². The summed E-state index contributed by atoms with van der Waals surface area (Å²) in [5.41, 5.74) is 1.18. The minimum absolute atomic E-state index is 0.375. The zero-order chi connectivity index (χ0) is 10.8. The highest BCUT2D eigenvalue weighted by Crippen LogP contribution is 2.46. The van der Waals surface area contributed by atoms with Gasteiger partial charge in [0.05, 0.1) is 7.11 Å². The predicted molar refractivity (Wildman–Crippen MR) is 67.0 cm³/mol. The van der Waals surface area contributed by atoms with Crippen LogP contribution in [0.5, 0.6) is 5.75 Å². The summed E-state index contributed by atoms with van der Waals surface area (Å²) in [7, 11) is 1.70. The van der Waals surface area contributed by atoms with Crippen molar-refractivity contribution in [2.45, 2.75) is 24.1 Å². The third-order valence-electron chi connectivity index (χ3n) is 3.05. The Balaban J connectivity index is 2.27. The van der Waals surface area contributed by atoms with Crippen LogP contribution in [0.1, 0.15) is 29.7 Å². The fraction of sp³-hybridized carbons (Fsp3) is 0.500. The molecule has 0 aliphatic heterocycles. The van der Waals surface area contributed by atoms with Crippen LogP contribution in [0.15, 0.2) is 18.2 Å². The summed E-state index contributed by atoms with van der Waals surface area (Å²) in [6, 6.07) is 5.80.